The van der Waals surface area contributed by atoms with Crippen molar-refractivity contribution in [2.45, 2.75) is 18.0 Å². The predicted molar refractivity (Wildman–Crippen MR) is 96.0 cm³/mol. The molecule has 2 aliphatic rings. The molecule has 2 amide bonds. The highest BCUT2D eigenvalue weighted by Crippen LogP contribution is 2.47. The van der Waals surface area contributed by atoms with Crippen LogP contribution in [0.25, 0.3) is 11.4 Å². The Hall–Kier alpha value is -3.02. The van der Waals surface area contributed by atoms with Crippen molar-refractivity contribution in [3.63, 3.8) is 0 Å². The first-order chi connectivity index (χ1) is 14.7. The normalized spacial score (nSPS) is 22.3. The van der Waals surface area contributed by atoms with Crippen LogP contribution < -0.4 is 0 Å². The second-order valence-corrected chi connectivity index (χ2v) is 7.45. The molecule has 2 saturated heterocycles. The lowest BCUT2D eigenvalue weighted by Crippen LogP contribution is -2.49. The van der Waals surface area contributed by atoms with Gasteiger partial charge in [-0.25, -0.2) is 4.39 Å². The zero-order chi connectivity index (χ0) is 22.2. The van der Waals surface area contributed by atoms with E-state index >= 15 is 0 Å². The van der Waals surface area contributed by atoms with Gasteiger partial charge in [-0.05, 0) is 18.6 Å². The second kappa shape index (κ2) is 7.91. The first-order valence-corrected chi connectivity index (χ1v) is 9.50. The average Bonchev–Trinajstić information content (AvgIpc) is 3.37. The van der Waals surface area contributed by atoms with Crippen molar-refractivity contribution in [1.29, 1.82) is 0 Å². The predicted octanol–water partition coefficient (Wildman–Crippen LogP) is 1.77. The maximum atomic E-state index is 14.1. The number of likely N-dealkylation sites (tertiary alicyclic amines) is 1. The van der Waals surface area contributed by atoms with Gasteiger partial charge in [0.25, 0.3) is 0 Å². The molecule has 0 N–H and O–H groups in total. The van der Waals surface area contributed by atoms with E-state index in [1.165, 1.54) is 23.1 Å². The van der Waals surface area contributed by atoms with Crippen LogP contribution in [0.2, 0.25) is 0 Å². The SMILES string of the molecule is O=C1COCCN1CC(=O)N1CCC(c2nc(-c3cccc(F)c3)no2)(C(F)(F)F)C1. The molecule has 2 aromatic rings. The van der Waals surface area contributed by atoms with E-state index < -0.39 is 48.1 Å². The number of carbonyl (C=O) groups excluding carboxylic acids is 2. The van der Waals surface area contributed by atoms with Crippen molar-refractivity contribution in [2.24, 2.45) is 0 Å². The molecule has 2 aliphatic heterocycles. The largest absolute Gasteiger partial charge is 0.405 e. The van der Waals surface area contributed by atoms with Crippen LogP contribution in [-0.2, 0) is 19.7 Å². The quantitative estimate of drug-likeness (QED) is 0.671. The molecule has 8 nitrogen and oxygen atoms in total. The lowest BCUT2D eigenvalue weighted by molar-refractivity contribution is -0.194. The third-order valence-corrected chi connectivity index (χ3v) is 5.49. The number of amides is 2. The minimum Gasteiger partial charge on any atom is -0.370 e. The summed E-state index contributed by atoms with van der Waals surface area (Å²) in [6.07, 6.45) is -5.24. The molecule has 0 saturated carbocycles. The first kappa shape index (κ1) is 21.2. The monoisotopic (exact) mass is 442 g/mol. The average molecular weight is 442 g/mol. The van der Waals surface area contributed by atoms with Gasteiger partial charge in [0.2, 0.25) is 23.5 Å². The van der Waals surface area contributed by atoms with Gasteiger partial charge in [-0.15, -0.1) is 0 Å². The van der Waals surface area contributed by atoms with Crippen LogP contribution in [0.3, 0.4) is 0 Å². The molecule has 31 heavy (non-hydrogen) atoms. The fourth-order valence-electron chi connectivity index (χ4n) is 3.69. The van der Waals surface area contributed by atoms with Crippen molar-refractivity contribution in [1.82, 2.24) is 19.9 Å². The number of benzene rings is 1. The molecule has 1 atom stereocenters. The number of aromatic nitrogens is 2. The minimum atomic E-state index is -4.78. The third-order valence-electron chi connectivity index (χ3n) is 5.49. The zero-order valence-electron chi connectivity index (χ0n) is 16.2. The standard InChI is InChI=1S/C19H18F4N4O4/c20-13-3-1-2-12(8-13)16-24-17(31-25-16)18(19(21,22)23)4-5-27(11-18)14(28)9-26-6-7-30-10-15(26)29/h1-3,8H,4-7,9-11H2. The Labute approximate surface area is 173 Å². The maximum absolute atomic E-state index is 14.1. The van der Waals surface area contributed by atoms with E-state index in [1.54, 1.807) is 0 Å². The van der Waals surface area contributed by atoms with Crippen LogP contribution in [0.1, 0.15) is 12.3 Å². The topological polar surface area (TPSA) is 88.8 Å². The molecule has 0 spiro atoms. The van der Waals surface area contributed by atoms with Gasteiger partial charge in [0.1, 0.15) is 12.4 Å². The van der Waals surface area contributed by atoms with Crippen LogP contribution >= 0.6 is 0 Å². The van der Waals surface area contributed by atoms with E-state index in [1.807, 2.05) is 0 Å². The fourth-order valence-corrected chi connectivity index (χ4v) is 3.69. The van der Waals surface area contributed by atoms with Gasteiger partial charge >= 0.3 is 6.18 Å². The third kappa shape index (κ3) is 3.99. The highest BCUT2D eigenvalue weighted by molar-refractivity contribution is 5.86. The number of alkyl halides is 3. The molecule has 1 aromatic carbocycles. The highest BCUT2D eigenvalue weighted by atomic mass is 19.4. The van der Waals surface area contributed by atoms with Gasteiger partial charge in [0, 0.05) is 25.2 Å². The van der Waals surface area contributed by atoms with Crippen LogP contribution in [0.5, 0.6) is 0 Å². The fraction of sp³-hybridized carbons (Fsp3) is 0.474. The molecular formula is C19H18F4N4O4. The molecule has 1 unspecified atom stereocenters. The lowest BCUT2D eigenvalue weighted by atomic mass is 9.86. The summed E-state index contributed by atoms with van der Waals surface area (Å²) in [5.41, 5.74) is -2.37. The molecular weight excluding hydrogens is 424 g/mol. The van der Waals surface area contributed by atoms with Crippen molar-refractivity contribution in [3.05, 3.63) is 36.0 Å². The number of hydrogen-bond donors (Lipinski definition) is 0. The second-order valence-electron chi connectivity index (χ2n) is 7.45. The zero-order valence-corrected chi connectivity index (χ0v) is 16.2. The Kier molecular flexibility index (Phi) is 5.42. The van der Waals surface area contributed by atoms with Crippen LogP contribution in [0.15, 0.2) is 28.8 Å². The summed E-state index contributed by atoms with van der Waals surface area (Å²) in [4.78, 5) is 30.6. The number of nitrogens with zero attached hydrogens (tertiary/aromatic N) is 4. The van der Waals surface area contributed by atoms with E-state index in [-0.39, 0.29) is 44.2 Å². The van der Waals surface area contributed by atoms with Gasteiger partial charge < -0.3 is 19.1 Å². The van der Waals surface area contributed by atoms with E-state index in [4.69, 9.17) is 9.26 Å². The molecule has 4 rings (SSSR count). The summed E-state index contributed by atoms with van der Waals surface area (Å²) in [6.45, 7) is -0.924. The number of morpholine rings is 1. The molecule has 166 valence electrons. The van der Waals surface area contributed by atoms with Gasteiger partial charge in [-0.3, -0.25) is 9.59 Å². The van der Waals surface area contributed by atoms with E-state index in [9.17, 15) is 27.2 Å². The number of halogens is 4. The Morgan fingerprint density at radius 3 is 2.77 bits per heavy atom. The van der Waals surface area contributed by atoms with Crippen LogP contribution in [0.4, 0.5) is 17.6 Å². The summed E-state index contributed by atoms with van der Waals surface area (Å²) in [5.74, 6) is -2.45. The summed E-state index contributed by atoms with van der Waals surface area (Å²) in [5, 5.41) is 3.58. The molecule has 2 fully saturated rings. The molecule has 0 aliphatic carbocycles. The Balaban J connectivity index is 1.56. The number of rotatable bonds is 4. The van der Waals surface area contributed by atoms with Crippen molar-refractivity contribution in [3.8, 4) is 11.4 Å². The van der Waals surface area contributed by atoms with Crippen molar-refractivity contribution >= 4 is 11.8 Å². The minimum absolute atomic E-state index is 0.162. The smallest absolute Gasteiger partial charge is 0.370 e. The van der Waals surface area contributed by atoms with Crippen LogP contribution in [0, 0.1) is 5.82 Å². The number of ether oxygens (including phenoxy) is 1. The summed E-state index contributed by atoms with van der Waals surface area (Å²) < 4.78 is 65.8. The van der Waals surface area contributed by atoms with Crippen LogP contribution in [-0.4, -0.2) is 77.3 Å². The molecule has 3 heterocycles. The summed E-state index contributed by atoms with van der Waals surface area (Å²) in [6, 6.07) is 5.09. The molecule has 0 radical (unpaired) electrons. The summed E-state index contributed by atoms with van der Waals surface area (Å²) in [7, 11) is 0. The van der Waals surface area contributed by atoms with Crippen molar-refractivity contribution < 1.29 is 36.4 Å². The van der Waals surface area contributed by atoms with Crippen molar-refractivity contribution in [2.75, 3.05) is 39.4 Å². The first-order valence-electron chi connectivity index (χ1n) is 9.50. The van der Waals surface area contributed by atoms with Gasteiger partial charge in [-0.2, -0.15) is 18.2 Å². The van der Waals surface area contributed by atoms with E-state index in [2.05, 4.69) is 10.1 Å². The molecule has 12 heteroatoms. The Morgan fingerprint density at radius 2 is 2.06 bits per heavy atom. The Bertz CT molecular complexity index is 995. The van der Waals surface area contributed by atoms with Gasteiger partial charge in [-0.1, -0.05) is 17.3 Å². The summed E-state index contributed by atoms with van der Waals surface area (Å²) >= 11 is 0. The number of hydrogen-bond acceptors (Lipinski definition) is 6. The molecule has 1 aromatic heterocycles. The maximum Gasteiger partial charge on any atom is 0.405 e. The van der Waals surface area contributed by atoms with E-state index in [0.717, 1.165) is 11.0 Å². The van der Waals surface area contributed by atoms with E-state index in [0.29, 0.717) is 0 Å². The van der Waals surface area contributed by atoms with Gasteiger partial charge in [0.15, 0.2) is 5.41 Å². The van der Waals surface area contributed by atoms with Gasteiger partial charge in [0.05, 0.1) is 13.2 Å². The molecule has 0 bridgehead atoms. The number of carbonyl (C=O) groups is 2. The Morgan fingerprint density at radius 1 is 1.26 bits per heavy atom. The lowest BCUT2D eigenvalue weighted by Gasteiger charge is -2.30. The highest BCUT2D eigenvalue weighted by Gasteiger charge is 2.63.